The first-order valence-electron chi connectivity index (χ1n) is 8.12. The molecule has 0 saturated heterocycles. The number of aliphatic hydroxyl groups is 1. The molecule has 0 spiro atoms. The van der Waals surface area contributed by atoms with Gasteiger partial charge in [-0.25, -0.2) is 4.98 Å². The molecular weight excluding hydrogens is 323 g/mol. The van der Waals surface area contributed by atoms with E-state index in [-0.39, 0.29) is 12.0 Å². The number of alkyl halides is 3. The van der Waals surface area contributed by atoms with Gasteiger partial charge < -0.3 is 15.0 Å². The Morgan fingerprint density at radius 3 is 2.62 bits per heavy atom. The quantitative estimate of drug-likeness (QED) is 0.879. The van der Waals surface area contributed by atoms with E-state index in [4.69, 9.17) is 0 Å². The Morgan fingerprint density at radius 1 is 1.42 bits per heavy atom. The maximum atomic E-state index is 13.4. The fourth-order valence-electron chi connectivity index (χ4n) is 3.35. The summed E-state index contributed by atoms with van der Waals surface area (Å²) in [6.07, 6.45) is -0.922. The standard InChI is InChI=1S/C16H24F3N3O2/c1-10-5-4-6-12(11(10)2)21-13(23)9-15(24,16(17,18)19)14-20-7-8-22(14)3/h7-8,10-12,24H,4-6,9H2,1-3H3,(H,21,23). The van der Waals surface area contributed by atoms with Crippen molar-refractivity contribution in [1.82, 2.24) is 14.9 Å². The highest BCUT2D eigenvalue weighted by Gasteiger charge is 2.58. The molecule has 1 aliphatic carbocycles. The Morgan fingerprint density at radius 2 is 2.08 bits per heavy atom. The second kappa shape index (κ2) is 6.74. The number of halogens is 3. The molecule has 0 aromatic carbocycles. The fraction of sp³-hybridized carbons (Fsp3) is 0.750. The number of hydrogen-bond acceptors (Lipinski definition) is 3. The molecule has 0 radical (unpaired) electrons. The highest BCUT2D eigenvalue weighted by molar-refractivity contribution is 5.77. The van der Waals surface area contributed by atoms with Gasteiger partial charge in [-0.3, -0.25) is 4.79 Å². The minimum atomic E-state index is -5.01. The van der Waals surface area contributed by atoms with E-state index in [1.165, 1.54) is 13.2 Å². The first-order valence-corrected chi connectivity index (χ1v) is 8.12. The summed E-state index contributed by atoms with van der Waals surface area (Å²) in [5, 5.41) is 12.9. The van der Waals surface area contributed by atoms with Crippen LogP contribution in [0.15, 0.2) is 12.4 Å². The maximum Gasteiger partial charge on any atom is 0.425 e. The summed E-state index contributed by atoms with van der Waals surface area (Å²) in [6, 6.07) is -0.167. The van der Waals surface area contributed by atoms with E-state index >= 15 is 0 Å². The smallest absolute Gasteiger partial charge is 0.374 e. The lowest BCUT2D eigenvalue weighted by atomic mass is 9.78. The maximum absolute atomic E-state index is 13.4. The van der Waals surface area contributed by atoms with E-state index in [1.807, 2.05) is 6.92 Å². The van der Waals surface area contributed by atoms with Crippen LogP contribution in [-0.4, -0.2) is 32.8 Å². The van der Waals surface area contributed by atoms with Gasteiger partial charge in [0, 0.05) is 25.5 Å². The van der Waals surface area contributed by atoms with Crippen LogP contribution >= 0.6 is 0 Å². The number of aromatic nitrogens is 2. The van der Waals surface area contributed by atoms with Crippen LogP contribution in [0.4, 0.5) is 13.2 Å². The summed E-state index contributed by atoms with van der Waals surface area (Å²) < 4.78 is 41.4. The predicted octanol–water partition coefficient (Wildman–Crippen LogP) is 2.50. The molecule has 0 bridgehead atoms. The van der Waals surface area contributed by atoms with Crippen molar-refractivity contribution in [1.29, 1.82) is 0 Å². The summed E-state index contributed by atoms with van der Waals surface area (Å²) in [6.45, 7) is 4.06. The second-order valence-electron chi connectivity index (χ2n) is 6.84. The van der Waals surface area contributed by atoms with Gasteiger partial charge in [0.05, 0.1) is 6.42 Å². The lowest BCUT2D eigenvalue weighted by molar-refractivity contribution is -0.271. The Bertz CT molecular complexity index is 587. The van der Waals surface area contributed by atoms with E-state index in [9.17, 15) is 23.1 Å². The molecule has 1 saturated carbocycles. The van der Waals surface area contributed by atoms with Crippen LogP contribution in [0, 0.1) is 11.8 Å². The Hall–Kier alpha value is -1.57. The van der Waals surface area contributed by atoms with Gasteiger partial charge in [0.2, 0.25) is 11.5 Å². The molecule has 4 unspecified atom stereocenters. The van der Waals surface area contributed by atoms with Crippen LogP contribution in [0.25, 0.3) is 0 Å². The van der Waals surface area contributed by atoms with Crippen molar-refractivity contribution in [2.24, 2.45) is 18.9 Å². The number of carbonyl (C=O) groups is 1. The minimum absolute atomic E-state index is 0.167. The highest BCUT2D eigenvalue weighted by atomic mass is 19.4. The molecule has 24 heavy (non-hydrogen) atoms. The van der Waals surface area contributed by atoms with E-state index in [0.29, 0.717) is 5.92 Å². The van der Waals surface area contributed by atoms with Gasteiger partial charge in [0.1, 0.15) is 0 Å². The largest absolute Gasteiger partial charge is 0.425 e. The van der Waals surface area contributed by atoms with Crippen molar-refractivity contribution in [3.05, 3.63) is 18.2 Å². The molecule has 8 heteroatoms. The van der Waals surface area contributed by atoms with Crippen LogP contribution in [0.1, 0.15) is 45.4 Å². The van der Waals surface area contributed by atoms with Gasteiger partial charge >= 0.3 is 6.18 Å². The van der Waals surface area contributed by atoms with Crippen molar-refractivity contribution in [3.8, 4) is 0 Å². The molecule has 1 aliphatic rings. The van der Waals surface area contributed by atoms with Gasteiger partial charge in [0.25, 0.3) is 0 Å². The van der Waals surface area contributed by atoms with Crippen molar-refractivity contribution in [2.75, 3.05) is 0 Å². The molecule has 2 N–H and O–H groups in total. The van der Waals surface area contributed by atoms with E-state index in [2.05, 4.69) is 17.2 Å². The molecule has 5 nitrogen and oxygen atoms in total. The normalized spacial score (nSPS) is 27.5. The monoisotopic (exact) mass is 347 g/mol. The number of carbonyl (C=O) groups excluding carboxylic acids is 1. The van der Waals surface area contributed by atoms with Crippen LogP contribution in [0.5, 0.6) is 0 Å². The van der Waals surface area contributed by atoms with E-state index < -0.39 is 29.9 Å². The number of aryl methyl sites for hydroxylation is 1. The lowest BCUT2D eigenvalue weighted by Crippen LogP contribution is -2.50. The first kappa shape index (κ1) is 18.8. The summed E-state index contributed by atoms with van der Waals surface area (Å²) in [7, 11) is 1.35. The zero-order chi connectivity index (χ0) is 18.1. The third kappa shape index (κ3) is 3.58. The third-order valence-electron chi connectivity index (χ3n) is 5.13. The predicted molar refractivity (Wildman–Crippen MR) is 81.9 cm³/mol. The molecule has 1 heterocycles. The molecule has 1 aromatic rings. The molecular formula is C16H24F3N3O2. The van der Waals surface area contributed by atoms with Crippen LogP contribution < -0.4 is 5.32 Å². The zero-order valence-corrected chi connectivity index (χ0v) is 14.1. The molecule has 2 rings (SSSR count). The molecule has 1 amide bonds. The number of nitrogens with zero attached hydrogens (tertiary/aromatic N) is 2. The lowest BCUT2D eigenvalue weighted by Gasteiger charge is -2.36. The number of amides is 1. The summed E-state index contributed by atoms with van der Waals surface area (Å²) in [5.74, 6) is -0.811. The SMILES string of the molecule is CC1CCCC(NC(=O)CC(O)(c2nccn2C)C(F)(F)F)C1C. The zero-order valence-electron chi connectivity index (χ0n) is 14.1. The van der Waals surface area contributed by atoms with Crippen molar-refractivity contribution >= 4 is 5.91 Å². The average molecular weight is 347 g/mol. The summed E-state index contributed by atoms with van der Waals surface area (Å²) in [5.41, 5.74) is -3.31. The topological polar surface area (TPSA) is 67.2 Å². The summed E-state index contributed by atoms with van der Waals surface area (Å²) in [4.78, 5) is 15.8. The molecule has 1 aromatic heterocycles. The van der Waals surface area contributed by atoms with E-state index in [0.717, 1.165) is 30.0 Å². The first-order chi connectivity index (χ1) is 11.1. The van der Waals surface area contributed by atoms with Crippen LogP contribution in [0.3, 0.4) is 0 Å². The van der Waals surface area contributed by atoms with Gasteiger partial charge in [-0.1, -0.05) is 26.7 Å². The van der Waals surface area contributed by atoms with Gasteiger partial charge in [-0.05, 0) is 18.3 Å². The second-order valence-corrected chi connectivity index (χ2v) is 6.84. The van der Waals surface area contributed by atoms with E-state index in [1.54, 1.807) is 0 Å². The summed E-state index contributed by atoms with van der Waals surface area (Å²) >= 11 is 0. The highest BCUT2D eigenvalue weighted by Crippen LogP contribution is 2.41. The Kier molecular flexibility index (Phi) is 5.27. The van der Waals surface area contributed by atoms with Gasteiger partial charge in [-0.2, -0.15) is 13.2 Å². The number of nitrogens with one attached hydrogen (secondary N) is 1. The van der Waals surface area contributed by atoms with Crippen LogP contribution in [0.2, 0.25) is 0 Å². The van der Waals surface area contributed by atoms with Crippen molar-refractivity contribution < 1.29 is 23.1 Å². The minimum Gasteiger partial charge on any atom is -0.374 e. The molecule has 136 valence electrons. The Balaban J connectivity index is 2.16. The molecule has 0 aliphatic heterocycles. The number of hydrogen-bond donors (Lipinski definition) is 2. The average Bonchev–Trinajstić information content (AvgIpc) is 2.89. The van der Waals surface area contributed by atoms with Gasteiger partial charge in [-0.15, -0.1) is 0 Å². The number of imidazole rings is 1. The molecule has 4 atom stereocenters. The Labute approximate surface area is 139 Å². The number of rotatable bonds is 4. The fourth-order valence-corrected chi connectivity index (χ4v) is 3.35. The third-order valence-corrected chi connectivity index (χ3v) is 5.13. The molecule has 1 fully saturated rings. The van der Waals surface area contributed by atoms with Crippen molar-refractivity contribution in [3.63, 3.8) is 0 Å². The van der Waals surface area contributed by atoms with Gasteiger partial charge in [0.15, 0.2) is 5.82 Å². The van der Waals surface area contributed by atoms with Crippen molar-refractivity contribution in [2.45, 2.75) is 57.3 Å². The van der Waals surface area contributed by atoms with Crippen LogP contribution in [-0.2, 0) is 17.4 Å².